The first-order valence-electron chi connectivity index (χ1n) is 5.99. The van der Waals surface area contributed by atoms with Crippen molar-refractivity contribution in [1.82, 2.24) is 10.6 Å². The van der Waals surface area contributed by atoms with Crippen molar-refractivity contribution in [2.75, 3.05) is 6.54 Å². The SMILES string of the molecule is C/C=C/CC(NC(=O)CNC(=O)c1cccs1)C(=O)O. The van der Waals surface area contributed by atoms with Gasteiger partial charge in [0.25, 0.3) is 5.91 Å². The van der Waals surface area contributed by atoms with Gasteiger partial charge in [-0.1, -0.05) is 18.2 Å². The summed E-state index contributed by atoms with van der Waals surface area (Å²) in [6.07, 6.45) is 3.57. The number of carboxylic acid groups (broad SMARTS) is 1. The number of rotatable bonds is 7. The first-order valence-corrected chi connectivity index (χ1v) is 6.87. The average molecular weight is 296 g/mol. The number of carbonyl (C=O) groups is 3. The van der Waals surface area contributed by atoms with Gasteiger partial charge in [-0.3, -0.25) is 9.59 Å². The lowest BCUT2D eigenvalue weighted by molar-refractivity contribution is -0.141. The molecule has 2 amide bonds. The maximum atomic E-state index is 11.6. The third-order valence-electron chi connectivity index (χ3n) is 2.40. The maximum Gasteiger partial charge on any atom is 0.326 e. The molecule has 108 valence electrons. The van der Waals surface area contributed by atoms with Crippen LogP contribution in [0, 0.1) is 0 Å². The third kappa shape index (κ3) is 5.23. The highest BCUT2D eigenvalue weighted by Gasteiger charge is 2.18. The van der Waals surface area contributed by atoms with E-state index in [1.807, 2.05) is 0 Å². The quantitative estimate of drug-likeness (QED) is 0.654. The predicted molar refractivity (Wildman–Crippen MR) is 75.6 cm³/mol. The summed E-state index contributed by atoms with van der Waals surface area (Å²) in [5, 5.41) is 15.5. The normalized spacial score (nSPS) is 12.1. The molecule has 0 aliphatic carbocycles. The fourth-order valence-electron chi connectivity index (χ4n) is 1.39. The summed E-state index contributed by atoms with van der Waals surface area (Å²) in [4.78, 5) is 34.6. The number of aliphatic carboxylic acids is 1. The fraction of sp³-hybridized carbons (Fsp3) is 0.308. The highest BCUT2D eigenvalue weighted by atomic mass is 32.1. The zero-order valence-corrected chi connectivity index (χ0v) is 11.8. The van der Waals surface area contributed by atoms with Gasteiger partial charge in [0, 0.05) is 0 Å². The number of allylic oxidation sites excluding steroid dienone is 1. The van der Waals surface area contributed by atoms with Gasteiger partial charge in [-0.15, -0.1) is 11.3 Å². The molecule has 1 aromatic rings. The highest BCUT2D eigenvalue weighted by Crippen LogP contribution is 2.07. The molecule has 0 aromatic carbocycles. The van der Waals surface area contributed by atoms with Crippen molar-refractivity contribution in [3.05, 3.63) is 34.5 Å². The van der Waals surface area contributed by atoms with Crippen LogP contribution in [-0.4, -0.2) is 35.5 Å². The van der Waals surface area contributed by atoms with Crippen LogP contribution in [0.3, 0.4) is 0 Å². The van der Waals surface area contributed by atoms with Crippen LogP contribution in [0.15, 0.2) is 29.7 Å². The monoisotopic (exact) mass is 296 g/mol. The van der Waals surface area contributed by atoms with Gasteiger partial charge in [0.1, 0.15) is 6.04 Å². The number of hydrogen-bond donors (Lipinski definition) is 3. The van der Waals surface area contributed by atoms with Crippen molar-refractivity contribution >= 4 is 29.1 Å². The lowest BCUT2D eigenvalue weighted by Gasteiger charge is -2.12. The van der Waals surface area contributed by atoms with Crippen LogP contribution in [0.25, 0.3) is 0 Å². The molecule has 0 aliphatic rings. The maximum absolute atomic E-state index is 11.6. The van der Waals surface area contributed by atoms with Gasteiger partial charge >= 0.3 is 5.97 Å². The summed E-state index contributed by atoms with van der Waals surface area (Å²) in [5.74, 6) is -2.00. The predicted octanol–water partition coefficient (Wildman–Crippen LogP) is 1.01. The Bertz CT molecular complexity index is 496. The van der Waals surface area contributed by atoms with Crippen LogP contribution in [-0.2, 0) is 9.59 Å². The molecular weight excluding hydrogens is 280 g/mol. The van der Waals surface area contributed by atoms with Gasteiger partial charge in [-0.25, -0.2) is 4.79 Å². The van der Waals surface area contributed by atoms with Gasteiger partial charge in [0.15, 0.2) is 0 Å². The standard InChI is InChI=1S/C13H16N2O4S/c1-2-3-5-9(13(18)19)15-11(16)8-14-12(17)10-6-4-7-20-10/h2-4,6-7,9H,5,8H2,1H3,(H,14,17)(H,15,16)(H,18,19)/b3-2+. The van der Waals surface area contributed by atoms with Gasteiger partial charge in [-0.2, -0.15) is 0 Å². The Kier molecular flexibility index (Phi) is 6.45. The molecule has 6 nitrogen and oxygen atoms in total. The van der Waals surface area contributed by atoms with Crippen LogP contribution in [0.2, 0.25) is 0 Å². The smallest absolute Gasteiger partial charge is 0.326 e. The van der Waals surface area contributed by atoms with Crippen molar-refractivity contribution in [2.45, 2.75) is 19.4 Å². The number of nitrogens with one attached hydrogen (secondary N) is 2. The van der Waals surface area contributed by atoms with Crippen LogP contribution >= 0.6 is 11.3 Å². The van der Waals surface area contributed by atoms with Crippen molar-refractivity contribution in [3.8, 4) is 0 Å². The van der Waals surface area contributed by atoms with Gasteiger partial charge < -0.3 is 15.7 Å². The van der Waals surface area contributed by atoms with E-state index in [0.29, 0.717) is 4.88 Å². The summed E-state index contributed by atoms with van der Waals surface area (Å²) in [6, 6.07) is 2.39. The summed E-state index contributed by atoms with van der Waals surface area (Å²) < 4.78 is 0. The molecule has 0 spiro atoms. The lowest BCUT2D eigenvalue weighted by atomic mass is 10.2. The molecule has 0 bridgehead atoms. The van der Waals surface area contributed by atoms with E-state index in [1.165, 1.54) is 11.3 Å². The van der Waals surface area contributed by atoms with E-state index in [9.17, 15) is 14.4 Å². The number of carboxylic acids is 1. The minimum absolute atomic E-state index is 0.205. The van der Waals surface area contributed by atoms with Gasteiger partial charge in [0.05, 0.1) is 11.4 Å². The molecule has 1 rings (SSSR count). The zero-order valence-electron chi connectivity index (χ0n) is 11.0. The molecule has 1 aromatic heterocycles. The number of thiophene rings is 1. The van der Waals surface area contributed by atoms with Crippen LogP contribution < -0.4 is 10.6 Å². The average Bonchev–Trinajstić information content (AvgIpc) is 2.94. The second-order valence-corrected chi connectivity index (χ2v) is 4.87. The van der Waals surface area contributed by atoms with Crippen LogP contribution in [0.5, 0.6) is 0 Å². The van der Waals surface area contributed by atoms with E-state index in [2.05, 4.69) is 10.6 Å². The molecule has 0 radical (unpaired) electrons. The van der Waals surface area contributed by atoms with E-state index < -0.39 is 17.9 Å². The largest absolute Gasteiger partial charge is 0.480 e. The molecule has 1 unspecified atom stereocenters. The Balaban J connectivity index is 2.42. The molecule has 7 heteroatoms. The Labute approximate surface area is 120 Å². The van der Waals surface area contributed by atoms with Crippen molar-refractivity contribution in [2.24, 2.45) is 0 Å². The summed E-state index contributed by atoms with van der Waals surface area (Å²) in [5.41, 5.74) is 0. The molecule has 0 saturated heterocycles. The fourth-order valence-corrected chi connectivity index (χ4v) is 2.03. The Morgan fingerprint density at radius 2 is 2.20 bits per heavy atom. The summed E-state index contributed by atoms with van der Waals surface area (Å²) >= 11 is 1.27. The number of hydrogen-bond acceptors (Lipinski definition) is 4. The molecule has 0 saturated carbocycles. The molecular formula is C13H16N2O4S. The zero-order chi connectivity index (χ0) is 15.0. The molecule has 3 N–H and O–H groups in total. The van der Waals surface area contributed by atoms with Crippen molar-refractivity contribution in [3.63, 3.8) is 0 Å². The first-order chi connectivity index (χ1) is 9.54. The lowest BCUT2D eigenvalue weighted by Crippen LogP contribution is -2.45. The van der Waals surface area contributed by atoms with Crippen LogP contribution in [0.1, 0.15) is 23.0 Å². The van der Waals surface area contributed by atoms with Gasteiger partial charge in [0.2, 0.25) is 5.91 Å². The second kappa shape index (κ2) is 8.11. The van der Waals surface area contributed by atoms with E-state index in [4.69, 9.17) is 5.11 Å². The summed E-state index contributed by atoms with van der Waals surface area (Å²) in [7, 11) is 0. The van der Waals surface area contributed by atoms with E-state index in [0.717, 1.165) is 0 Å². The minimum atomic E-state index is -1.11. The number of amides is 2. The first kappa shape index (κ1) is 15.9. The second-order valence-electron chi connectivity index (χ2n) is 3.92. The molecule has 1 atom stereocenters. The molecule has 20 heavy (non-hydrogen) atoms. The third-order valence-corrected chi connectivity index (χ3v) is 3.26. The summed E-state index contributed by atoms with van der Waals surface area (Å²) in [6.45, 7) is 1.51. The molecule has 0 aliphatic heterocycles. The molecule has 0 fully saturated rings. The van der Waals surface area contributed by atoms with E-state index in [-0.39, 0.29) is 18.9 Å². The topological polar surface area (TPSA) is 95.5 Å². The Morgan fingerprint density at radius 3 is 2.75 bits per heavy atom. The highest BCUT2D eigenvalue weighted by molar-refractivity contribution is 7.12. The van der Waals surface area contributed by atoms with Crippen molar-refractivity contribution < 1.29 is 19.5 Å². The Hall–Kier alpha value is -2.15. The number of carbonyl (C=O) groups excluding carboxylic acids is 2. The van der Waals surface area contributed by atoms with Crippen LogP contribution in [0.4, 0.5) is 0 Å². The van der Waals surface area contributed by atoms with Crippen molar-refractivity contribution in [1.29, 1.82) is 0 Å². The van der Waals surface area contributed by atoms with E-state index >= 15 is 0 Å². The molecule has 1 heterocycles. The minimum Gasteiger partial charge on any atom is -0.480 e. The van der Waals surface area contributed by atoms with Gasteiger partial charge in [-0.05, 0) is 24.8 Å². The Morgan fingerprint density at radius 1 is 1.45 bits per heavy atom. The van der Waals surface area contributed by atoms with E-state index in [1.54, 1.807) is 36.6 Å².